The van der Waals surface area contributed by atoms with Crippen molar-refractivity contribution < 1.29 is 4.39 Å². The summed E-state index contributed by atoms with van der Waals surface area (Å²) < 4.78 is 13.9. The molecule has 1 fully saturated rings. The number of aryl methyl sites for hydroxylation is 1. The molecule has 0 saturated carbocycles. The Morgan fingerprint density at radius 2 is 1.89 bits per heavy atom. The molecule has 2 aromatic heterocycles. The van der Waals surface area contributed by atoms with Crippen molar-refractivity contribution in [3.63, 3.8) is 0 Å². The number of pyridine rings is 1. The average molecular weight is 365 g/mol. The largest absolute Gasteiger partial charge is 0.354 e. The van der Waals surface area contributed by atoms with Crippen LogP contribution in [0.2, 0.25) is 0 Å². The normalized spacial score (nSPS) is 16.5. The van der Waals surface area contributed by atoms with E-state index >= 15 is 0 Å². The van der Waals surface area contributed by atoms with Crippen molar-refractivity contribution in [1.29, 1.82) is 0 Å². The first-order valence-electron chi connectivity index (χ1n) is 9.91. The molecule has 3 aromatic rings. The van der Waals surface area contributed by atoms with Crippen LogP contribution >= 0.6 is 0 Å². The Labute approximate surface area is 160 Å². The quantitative estimate of drug-likeness (QED) is 0.612. The van der Waals surface area contributed by atoms with Crippen LogP contribution < -0.4 is 0 Å². The highest BCUT2D eigenvalue weighted by atomic mass is 19.1. The van der Waals surface area contributed by atoms with Gasteiger partial charge < -0.3 is 9.88 Å². The molecule has 3 heterocycles. The minimum absolute atomic E-state index is 0.345. The topological polar surface area (TPSA) is 31.9 Å². The van der Waals surface area contributed by atoms with Gasteiger partial charge in [0.1, 0.15) is 0 Å². The average Bonchev–Trinajstić information content (AvgIpc) is 3.00. The highest BCUT2D eigenvalue weighted by molar-refractivity contribution is 5.92. The van der Waals surface area contributed by atoms with Crippen molar-refractivity contribution in [2.45, 2.75) is 45.4 Å². The zero-order chi connectivity index (χ0) is 19.1. The van der Waals surface area contributed by atoms with Gasteiger partial charge in [0.25, 0.3) is 0 Å². The number of fused-ring (bicyclic) bond motifs is 1. The molecule has 1 aromatic carbocycles. The minimum Gasteiger partial charge on any atom is -0.354 e. The van der Waals surface area contributed by atoms with Crippen molar-refractivity contribution >= 4 is 10.9 Å². The van der Waals surface area contributed by atoms with Gasteiger partial charge in [-0.3, -0.25) is 0 Å². The molecule has 1 aliphatic rings. The van der Waals surface area contributed by atoms with Gasteiger partial charge >= 0.3 is 0 Å². The molecule has 0 aliphatic carbocycles. The lowest BCUT2D eigenvalue weighted by atomic mass is 9.87. The van der Waals surface area contributed by atoms with Crippen LogP contribution in [0.25, 0.3) is 22.2 Å². The summed E-state index contributed by atoms with van der Waals surface area (Å²) in [7, 11) is 2.20. The molecule has 1 saturated heterocycles. The summed E-state index contributed by atoms with van der Waals surface area (Å²) in [6.07, 6.45) is 2.43. The second-order valence-electron chi connectivity index (χ2n) is 8.27. The molecular weight excluding hydrogens is 337 g/mol. The molecular formula is C23H28FN3. The molecule has 0 amide bonds. The van der Waals surface area contributed by atoms with Crippen molar-refractivity contribution in [2.75, 3.05) is 20.1 Å². The van der Waals surface area contributed by atoms with Crippen LogP contribution in [0.4, 0.5) is 4.39 Å². The van der Waals surface area contributed by atoms with Gasteiger partial charge in [-0.25, -0.2) is 4.98 Å². The highest BCUT2D eigenvalue weighted by Gasteiger charge is 2.21. The number of benzene rings is 1. The van der Waals surface area contributed by atoms with E-state index in [1.807, 2.05) is 13.0 Å². The van der Waals surface area contributed by atoms with E-state index < -0.39 is 5.95 Å². The van der Waals surface area contributed by atoms with Gasteiger partial charge in [0.05, 0.1) is 5.69 Å². The Bertz CT molecular complexity index is 945. The third-order valence-electron chi connectivity index (χ3n) is 5.84. The van der Waals surface area contributed by atoms with Crippen LogP contribution in [0.15, 0.2) is 30.3 Å². The van der Waals surface area contributed by atoms with E-state index in [1.54, 1.807) is 0 Å². The van der Waals surface area contributed by atoms with E-state index in [0.29, 0.717) is 17.5 Å². The molecule has 27 heavy (non-hydrogen) atoms. The van der Waals surface area contributed by atoms with Crippen LogP contribution in [0.3, 0.4) is 0 Å². The molecule has 0 spiro atoms. The van der Waals surface area contributed by atoms with Crippen LogP contribution in [-0.4, -0.2) is 35.0 Å². The first-order chi connectivity index (χ1) is 12.9. The second kappa shape index (κ2) is 7.08. The van der Waals surface area contributed by atoms with Gasteiger partial charge in [-0.15, -0.1) is 0 Å². The minimum atomic E-state index is -0.426. The highest BCUT2D eigenvalue weighted by Crippen LogP contribution is 2.38. The molecule has 142 valence electrons. The number of rotatable bonds is 3. The van der Waals surface area contributed by atoms with Gasteiger partial charge in [-0.1, -0.05) is 19.9 Å². The third kappa shape index (κ3) is 3.51. The number of halogens is 1. The predicted molar refractivity (Wildman–Crippen MR) is 110 cm³/mol. The molecule has 0 radical (unpaired) electrons. The Balaban J connectivity index is 1.83. The molecule has 4 rings (SSSR count). The van der Waals surface area contributed by atoms with E-state index in [9.17, 15) is 4.39 Å². The van der Waals surface area contributed by atoms with Crippen LogP contribution in [-0.2, 0) is 0 Å². The smallest absolute Gasteiger partial charge is 0.213 e. The number of piperidine rings is 1. The molecule has 4 heteroatoms. The Morgan fingerprint density at radius 3 is 2.56 bits per heavy atom. The zero-order valence-corrected chi connectivity index (χ0v) is 16.6. The summed E-state index contributed by atoms with van der Waals surface area (Å²) in [6.45, 7) is 8.57. The van der Waals surface area contributed by atoms with Gasteiger partial charge in [-0.2, -0.15) is 4.39 Å². The number of hydrogen-bond acceptors (Lipinski definition) is 2. The number of nitrogens with zero attached hydrogens (tertiary/aromatic N) is 2. The standard InChI is InChI=1S/C23H28FN3/c1-14(2)22-19-12-17(16-7-9-27(4)10-8-16)5-6-20(19)26-23(22)18-11-15(3)25-21(24)13-18/h5-6,11-14,16,26H,7-10H2,1-4H3. The Kier molecular flexibility index (Phi) is 4.77. The fourth-order valence-electron chi connectivity index (χ4n) is 4.43. The fourth-order valence-corrected chi connectivity index (χ4v) is 4.43. The van der Waals surface area contributed by atoms with Crippen molar-refractivity contribution in [1.82, 2.24) is 14.9 Å². The van der Waals surface area contributed by atoms with Gasteiger partial charge in [0.2, 0.25) is 5.95 Å². The Morgan fingerprint density at radius 1 is 1.15 bits per heavy atom. The van der Waals surface area contributed by atoms with E-state index in [0.717, 1.165) is 29.9 Å². The summed E-state index contributed by atoms with van der Waals surface area (Å²) in [5, 5.41) is 1.27. The lowest BCUT2D eigenvalue weighted by Crippen LogP contribution is -2.29. The predicted octanol–water partition coefficient (Wildman–Crippen LogP) is 5.61. The summed E-state index contributed by atoms with van der Waals surface area (Å²) in [5.74, 6) is 0.549. The molecule has 0 unspecified atom stereocenters. The maximum atomic E-state index is 13.9. The lowest BCUT2D eigenvalue weighted by molar-refractivity contribution is 0.255. The Hall–Kier alpha value is -2.20. The monoisotopic (exact) mass is 365 g/mol. The number of likely N-dealkylation sites (tertiary alicyclic amines) is 1. The maximum absolute atomic E-state index is 13.9. The molecule has 1 aliphatic heterocycles. The first kappa shape index (κ1) is 18.2. The number of aromatic nitrogens is 2. The van der Waals surface area contributed by atoms with Crippen LogP contribution in [0.1, 0.15) is 55.3 Å². The third-order valence-corrected chi connectivity index (χ3v) is 5.84. The second-order valence-corrected chi connectivity index (χ2v) is 8.27. The molecule has 0 bridgehead atoms. The van der Waals surface area contributed by atoms with E-state index in [2.05, 4.69) is 54.0 Å². The number of H-pyrrole nitrogens is 1. The van der Waals surface area contributed by atoms with E-state index in [-0.39, 0.29) is 0 Å². The molecule has 0 atom stereocenters. The van der Waals surface area contributed by atoms with E-state index in [4.69, 9.17) is 0 Å². The van der Waals surface area contributed by atoms with Crippen LogP contribution in [0.5, 0.6) is 0 Å². The summed E-state index contributed by atoms with van der Waals surface area (Å²) in [4.78, 5) is 9.84. The van der Waals surface area contributed by atoms with E-state index in [1.165, 1.54) is 35.4 Å². The van der Waals surface area contributed by atoms with Gasteiger partial charge in [0.15, 0.2) is 0 Å². The summed E-state index contributed by atoms with van der Waals surface area (Å²) in [5.41, 5.74) is 6.42. The number of hydrogen-bond donors (Lipinski definition) is 1. The SMILES string of the molecule is Cc1cc(-c2[nH]c3ccc(C4CCN(C)CC4)cc3c2C(C)C)cc(F)n1. The van der Waals surface area contributed by atoms with Crippen molar-refractivity contribution in [2.24, 2.45) is 0 Å². The lowest BCUT2D eigenvalue weighted by Gasteiger charge is -2.29. The number of aromatic amines is 1. The molecule has 1 N–H and O–H groups in total. The van der Waals surface area contributed by atoms with Crippen molar-refractivity contribution in [3.8, 4) is 11.3 Å². The number of nitrogens with one attached hydrogen (secondary N) is 1. The van der Waals surface area contributed by atoms with Gasteiger partial charge in [0, 0.05) is 28.2 Å². The summed E-state index contributed by atoms with van der Waals surface area (Å²) >= 11 is 0. The summed E-state index contributed by atoms with van der Waals surface area (Å²) in [6, 6.07) is 10.3. The zero-order valence-electron chi connectivity index (χ0n) is 16.6. The van der Waals surface area contributed by atoms with Crippen LogP contribution in [0, 0.1) is 12.9 Å². The first-order valence-corrected chi connectivity index (χ1v) is 9.91. The fraction of sp³-hybridized carbons (Fsp3) is 0.435. The maximum Gasteiger partial charge on any atom is 0.213 e. The van der Waals surface area contributed by atoms with Crippen molar-refractivity contribution in [3.05, 3.63) is 53.1 Å². The van der Waals surface area contributed by atoms with Gasteiger partial charge in [-0.05, 0) is 81.1 Å². The molecule has 3 nitrogen and oxygen atoms in total.